The van der Waals surface area contributed by atoms with Crippen LogP contribution in [0.1, 0.15) is 31.7 Å². The average molecular weight is 446 g/mol. The number of fused-ring (bicyclic) bond motifs is 2. The van der Waals surface area contributed by atoms with Crippen LogP contribution in [0.5, 0.6) is 0 Å². The molecule has 1 fully saturated rings. The zero-order valence-corrected chi connectivity index (χ0v) is 18.5. The first kappa shape index (κ1) is 19.5. The van der Waals surface area contributed by atoms with Gasteiger partial charge in [0.1, 0.15) is 5.76 Å². The molecule has 1 aliphatic rings. The Morgan fingerprint density at radius 2 is 2.00 bits per heavy atom. The number of aromatic nitrogens is 4. The molecule has 0 saturated heterocycles. The van der Waals surface area contributed by atoms with Gasteiger partial charge in [-0.05, 0) is 37.8 Å². The van der Waals surface area contributed by atoms with Gasteiger partial charge < -0.3 is 14.8 Å². The van der Waals surface area contributed by atoms with Crippen molar-refractivity contribution in [2.24, 2.45) is 0 Å². The highest BCUT2D eigenvalue weighted by atomic mass is 32.1. The molecular formula is C24H23N5O2S. The van der Waals surface area contributed by atoms with E-state index in [1.54, 1.807) is 11.3 Å². The second-order valence-electron chi connectivity index (χ2n) is 8.32. The Balaban J connectivity index is 1.44. The van der Waals surface area contributed by atoms with Crippen LogP contribution in [0.15, 0.2) is 52.9 Å². The van der Waals surface area contributed by atoms with Gasteiger partial charge in [-0.3, -0.25) is 9.67 Å². The Bertz CT molecular complexity index is 1410. The van der Waals surface area contributed by atoms with Crippen LogP contribution in [-0.2, 0) is 0 Å². The van der Waals surface area contributed by atoms with Crippen molar-refractivity contribution in [3.05, 3.63) is 48.5 Å². The van der Waals surface area contributed by atoms with E-state index in [9.17, 15) is 5.11 Å². The first-order chi connectivity index (χ1) is 15.7. The van der Waals surface area contributed by atoms with E-state index >= 15 is 0 Å². The largest absolute Gasteiger partial charge is 0.452 e. The molecule has 0 unspecified atom stereocenters. The summed E-state index contributed by atoms with van der Waals surface area (Å²) in [5, 5.41) is 21.9. The predicted octanol–water partition coefficient (Wildman–Crippen LogP) is 5.49. The first-order valence-corrected chi connectivity index (χ1v) is 11.7. The van der Waals surface area contributed by atoms with Crippen molar-refractivity contribution in [3.8, 4) is 22.5 Å². The minimum absolute atomic E-state index is 0.174. The average Bonchev–Trinajstić information content (AvgIpc) is 3.56. The van der Waals surface area contributed by atoms with E-state index in [-0.39, 0.29) is 6.10 Å². The normalized spacial score (nSPS) is 19.1. The molecule has 5 aromatic heterocycles. The number of nitrogens with one attached hydrogen (secondary N) is 1. The lowest BCUT2D eigenvalue weighted by molar-refractivity contribution is 0.108. The second kappa shape index (κ2) is 7.72. The summed E-state index contributed by atoms with van der Waals surface area (Å²) in [5.41, 5.74) is 3.82. The molecule has 0 atom stereocenters. The molecule has 0 aliphatic heterocycles. The fourth-order valence-electron chi connectivity index (χ4n) is 4.64. The maximum Gasteiger partial charge on any atom is 0.177 e. The van der Waals surface area contributed by atoms with Gasteiger partial charge in [0.25, 0.3) is 0 Å². The number of thiophene rings is 1. The minimum Gasteiger partial charge on any atom is -0.452 e. The van der Waals surface area contributed by atoms with Crippen molar-refractivity contribution in [1.82, 2.24) is 19.7 Å². The summed E-state index contributed by atoms with van der Waals surface area (Å²) in [6.45, 7) is 0. The smallest absolute Gasteiger partial charge is 0.177 e. The highest BCUT2D eigenvalue weighted by Crippen LogP contribution is 2.41. The lowest BCUT2D eigenvalue weighted by atomic mass is 9.93. The van der Waals surface area contributed by atoms with E-state index in [0.717, 1.165) is 69.2 Å². The molecule has 0 bridgehead atoms. The van der Waals surface area contributed by atoms with Crippen LogP contribution in [0.2, 0.25) is 0 Å². The molecular weight excluding hydrogens is 422 g/mol. The summed E-state index contributed by atoms with van der Waals surface area (Å²) in [5.74, 6) is 1.53. The van der Waals surface area contributed by atoms with Crippen LogP contribution < -0.4 is 5.32 Å². The molecule has 0 aromatic carbocycles. The second-order valence-corrected chi connectivity index (χ2v) is 9.23. The number of hydrogen-bond donors (Lipinski definition) is 2. The van der Waals surface area contributed by atoms with Gasteiger partial charge in [0.05, 0.1) is 23.0 Å². The predicted molar refractivity (Wildman–Crippen MR) is 127 cm³/mol. The monoisotopic (exact) mass is 445 g/mol. The number of aliphatic hydroxyl groups is 1. The topological polar surface area (TPSA) is 89.0 Å². The fourth-order valence-corrected chi connectivity index (χ4v) is 5.55. The molecule has 8 heteroatoms. The maximum atomic E-state index is 9.81. The summed E-state index contributed by atoms with van der Waals surface area (Å²) in [4.78, 5) is 8.83. The summed E-state index contributed by atoms with van der Waals surface area (Å²) in [6, 6.07) is 4.46. The third kappa shape index (κ3) is 3.18. The number of furan rings is 1. The standard InChI is InChI=1S/C24H23N5O2S/c1-25-24-23-18(8-21(31-23)20-13-32-22-11-26-7-6-17(20)22)19(10-27-24)14-9-28-29(12-14)15-2-4-16(30)5-3-15/h6-13,15-16,30H,2-5H2,1H3,(H,25,27). The number of pyridine rings is 2. The summed E-state index contributed by atoms with van der Waals surface area (Å²) in [7, 11) is 1.85. The molecule has 0 radical (unpaired) electrons. The molecule has 6 rings (SSSR count). The van der Waals surface area contributed by atoms with Gasteiger partial charge >= 0.3 is 0 Å². The Morgan fingerprint density at radius 1 is 1.12 bits per heavy atom. The number of aliphatic hydroxyl groups excluding tert-OH is 1. The molecule has 7 nitrogen and oxygen atoms in total. The van der Waals surface area contributed by atoms with E-state index in [0.29, 0.717) is 11.9 Å². The highest BCUT2D eigenvalue weighted by Gasteiger charge is 2.23. The number of rotatable bonds is 4. The van der Waals surface area contributed by atoms with E-state index < -0.39 is 0 Å². The van der Waals surface area contributed by atoms with E-state index in [1.807, 2.05) is 42.6 Å². The summed E-state index contributed by atoms with van der Waals surface area (Å²) < 4.78 is 9.52. The van der Waals surface area contributed by atoms with Crippen molar-refractivity contribution < 1.29 is 9.52 Å². The summed E-state index contributed by atoms with van der Waals surface area (Å²) >= 11 is 1.66. The van der Waals surface area contributed by atoms with Gasteiger partial charge in [0.15, 0.2) is 11.4 Å². The third-order valence-electron chi connectivity index (χ3n) is 6.39. The van der Waals surface area contributed by atoms with Gasteiger partial charge in [-0.15, -0.1) is 11.3 Å². The highest BCUT2D eigenvalue weighted by molar-refractivity contribution is 7.17. The van der Waals surface area contributed by atoms with Crippen molar-refractivity contribution >= 4 is 38.2 Å². The van der Waals surface area contributed by atoms with Gasteiger partial charge in [-0.25, -0.2) is 4.98 Å². The molecule has 5 heterocycles. The van der Waals surface area contributed by atoms with E-state index in [1.165, 1.54) is 0 Å². The van der Waals surface area contributed by atoms with Gasteiger partial charge in [-0.1, -0.05) is 0 Å². The van der Waals surface area contributed by atoms with Crippen molar-refractivity contribution in [2.75, 3.05) is 12.4 Å². The molecule has 2 N–H and O–H groups in total. The molecule has 5 aromatic rings. The zero-order chi connectivity index (χ0) is 21.7. The van der Waals surface area contributed by atoms with Gasteiger partial charge in [0.2, 0.25) is 0 Å². The molecule has 32 heavy (non-hydrogen) atoms. The first-order valence-electron chi connectivity index (χ1n) is 10.9. The number of hydrogen-bond acceptors (Lipinski definition) is 7. The SMILES string of the molecule is CNc1ncc(-c2cnn(C3CCC(O)CC3)c2)c2cc(-c3csc4cnccc34)oc12. The third-order valence-corrected chi connectivity index (χ3v) is 7.33. The van der Waals surface area contributed by atoms with Crippen molar-refractivity contribution in [2.45, 2.75) is 37.8 Å². The van der Waals surface area contributed by atoms with Crippen molar-refractivity contribution in [3.63, 3.8) is 0 Å². The Hall–Kier alpha value is -3.23. The van der Waals surface area contributed by atoms with Crippen LogP contribution in [-0.4, -0.2) is 38.0 Å². The Labute approximate surface area is 188 Å². The lowest BCUT2D eigenvalue weighted by Gasteiger charge is -2.25. The van der Waals surface area contributed by atoms with Crippen LogP contribution in [0.4, 0.5) is 5.82 Å². The molecule has 1 aliphatic carbocycles. The fraction of sp³-hybridized carbons (Fsp3) is 0.292. The van der Waals surface area contributed by atoms with Crippen molar-refractivity contribution in [1.29, 1.82) is 0 Å². The van der Waals surface area contributed by atoms with Crippen LogP contribution in [0.3, 0.4) is 0 Å². The lowest BCUT2D eigenvalue weighted by Crippen LogP contribution is -2.21. The van der Waals surface area contributed by atoms with E-state index in [2.05, 4.69) is 38.0 Å². The van der Waals surface area contributed by atoms with E-state index in [4.69, 9.17) is 4.42 Å². The molecule has 0 amide bonds. The zero-order valence-electron chi connectivity index (χ0n) is 17.7. The van der Waals surface area contributed by atoms with Gasteiger partial charge in [0, 0.05) is 64.7 Å². The summed E-state index contributed by atoms with van der Waals surface area (Å²) in [6.07, 6.45) is 13.0. The number of anilines is 1. The minimum atomic E-state index is -0.174. The van der Waals surface area contributed by atoms with Crippen LogP contribution in [0.25, 0.3) is 43.5 Å². The molecule has 1 saturated carbocycles. The Kier molecular flexibility index (Phi) is 4.69. The maximum absolute atomic E-state index is 9.81. The Morgan fingerprint density at radius 3 is 2.84 bits per heavy atom. The number of nitrogens with zero attached hydrogens (tertiary/aromatic N) is 4. The van der Waals surface area contributed by atoms with Gasteiger partial charge in [-0.2, -0.15) is 5.10 Å². The molecule has 0 spiro atoms. The van der Waals surface area contributed by atoms with Crippen LogP contribution in [0, 0.1) is 0 Å². The molecule has 162 valence electrons. The van der Waals surface area contributed by atoms with Crippen LogP contribution >= 0.6 is 11.3 Å². The quantitative estimate of drug-likeness (QED) is 0.380.